The van der Waals surface area contributed by atoms with Crippen molar-refractivity contribution >= 4 is 34.4 Å². The summed E-state index contributed by atoms with van der Waals surface area (Å²) in [5.74, 6) is 0.657. The molecule has 2 bridgehead atoms. The molecule has 3 atom stereocenters. The fraction of sp³-hybridized carbons (Fsp3) is 0.435. The summed E-state index contributed by atoms with van der Waals surface area (Å²) in [4.78, 5) is 29.9. The van der Waals surface area contributed by atoms with Crippen molar-refractivity contribution in [1.82, 2.24) is 25.2 Å². The van der Waals surface area contributed by atoms with Crippen molar-refractivity contribution < 1.29 is 9.53 Å². The maximum absolute atomic E-state index is 13.8. The highest BCUT2D eigenvalue weighted by atomic mass is 35.5. The molecule has 32 heavy (non-hydrogen) atoms. The Labute approximate surface area is 191 Å². The third-order valence-corrected chi connectivity index (χ3v) is 6.43. The predicted molar refractivity (Wildman–Crippen MR) is 124 cm³/mol. The fourth-order valence-electron chi connectivity index (χ4n) is 4.60. The van der Waals surface area contributed by atoms with Gasteiger partial charge in [0.05, 0.1) is 30.5 Å². The van der Waals surface area contributed by atoms with Crippen LogP contribution in [0.2, 0.25) is 5.02 Å². The van der Waals surface area contributed by atoms with Crippen molar-refractivity contribution in [3.05, 3.63) is 53.4 Å². The molecule has 2 fully saturated rings. The Morgan fingerprint density at radius 3 is 2.81 bits per heavy atom. The zero-order valence-electron chi connectivity index (χ0n) is 18.2. The summed E-state index contributed by atoms with van der Waals surface area (Å²) in [5.41, 5.74) is 1.77. The van der Waals surface area contributed by atoms with Crippen LogP contribution in [-0.2, 0) is 9.53 Å². The highest BCUT2D eigenvalue weighted by Gasteiger charge is 2.46. The number of ether oxygens (including phenoxy) is 1. The van der Waals surface area contributed by atoms with Crippen LogP contribution in [0.1, 0.15) is 25.3 Å². The third kappa shape index (κ3) is 3.94. The van der Waals surface area contributed by atoms with Crippen LogP contribution in [0.25, 0.3) is 11.0 Å². The Hall–Kier alpha value is -2.68. The van der Waals surface area contributed by atoms with Crippen LogP contribution < -0.4 is 10.2 Å². The maximum Gasteiger partial charge on any atom is 0.233 e. The first-order chi connectivity index (χ1) is 15.5. The molecule has 2 aliphatic heterocycles. The second kappa shape index (κ2) is 8.69. The lowest BCUT2D eigenvalue weighted by Gasteiger charge is -2.41. The van der Waals surface area contributed by atoms with Crippen LogP contribution in [0, 0.1) is 0 Å². The van der Waals surface area contributed by atoms with Crippen LogP contribution >= 0.6 is 11.6 Å². The van der Waals surface area contributed by atoms with Crippen LogP contribution in [0.15, 0.2) is 42.9 Å². The van der Waals surface area contributed by atoms with Gasteiger partial charge in [0.1, 0.15) is 17.8 Å². The summed E-state index contributed by atoms with van der Waals surface area (Å²) in [5, 5.41) is 5.07. The minimum atomic E-state index is -0.306. The Bertz CT molecular complexity index is 1090. The number of aromatic amines is 1. The molecule has 9 heteroatoms. The van der Waals surface area contributed by atoms with Gasteiger partial charge in [-0.3, -0.25) is 4.79 Å². The maximum atomic E-state index is 13.8. The number of carbonyl (C=O) groups is 1. The average molecular weight is 455 g/mol. The van der Waals surface area contributed by atoms with Gasteiger partial charge in [0.2, 0.25) is 5.91 Å². The standard InChI is InChI=1S/C23H27ClN6O2/c1-14(2)26-9-19(15-3-5-16(24)6-4-15)23(31)30-17-10-29(11-20(30)32-12-17)22-18-7-8-25-21(18)27-13-28-22/h3-8,13-14,17,19-20,26H,9-12H2,1-2H3,(H,25,27,28)/t17?,19-,20?/m1/s1. The number of carbonyl (C=O) groups excluding carboxylic acids is 1. The highest BCUT2D eigenvalue weighted by Crippen LogP contribution is 2.33. The quantitative estimate of drug-likeness (QED) is 0.595. The normalized spacial score (nSPS) is 21.5. The van der Waals surface area contributed by atoms with E-state index in [2.05, 4.69) is 39.0 Å². The van der Waals surface area contributed by atoms with Gasteiger partial charge < -0.3 is 24.8 Å². The monoisotopic (exact) mass is 454 g/mol. The molecule has 2 aliphatic rings. The number of H-pyrrole nitrogens is 1. The summed E-state index contributed by atoms with van der Waals surface area (Å²) in [6.45, 7) is 6.50. The van der Waals surface area contributed by atoms with Gasteiger partial charge in [0, 0.05) is 30.4 Å². The summed E-state index contributed by atoms with van der Waals surface area (Å²) in [6.07, 6.45) is 3.13. The number of piperazine rings is 1. The summed E-state index contributed by atoms with van der Waals surface area (Å²) < 4.78 is 6.06. The Kier molecular flexibility index (Phi) is 5.75. The zero-order chi connectivity index (χ0) is 22.2. The number of nitrogens with zero attached hydrogens (tertiary/aromatic N) is 4. The number of fused-ring (bicyclic) bond motifs is 3. The molecule has 5 rings (SSSR count). The van der Waals surface area contributed by atoms with Gasteiger partial charge >= 0.3 is 0 Å². The minimum Gasteiger partial charge on any atom is -0.354 e. The fourth-order valence-corrected chi connectivity index (χ4v) is 4.72. The zero-order valence-corrected chi connectivity index (χ0v) is 18.9. The molecule has 1 amide bonds. The molecular formula is C23H27ClN6O2. The predicted octanol–water partition coefficient (Wildman–Crippen LogP) is 2.77. The van der Waals surface area contributed by atoms with E-state index in [4.69, 9.17) is 16.3 Å². The van der Waals surface area contributed by atoms with Crippen molar-refractivity contribution in [2.75, 3.05) is 31.1 Å². The van der Waals surface area contributed by atoms with Crippen molar-refractivity contribution in [2.45, 2.75) is 38.1 Å². The van der Waals surface area contributed by atoms with Gasteiger partial charge in [-0.1, -0.05) is 37.6 Å². The van der Waals surface area contributed by atoms with Gasteiger partial charge in [-0.05, 0) is 23.8 Å². The first-order valence-electron chi connectivity index (χ1n) is 11.0. The molecular weight excluding hydrogens is 428 g/mol. The SMILES string of the molecule is CC(C)NC[C@@H](C(=O)N1C2COC1CN(c1ncnc3[nH]ccc13)C2)c1ccc(Cl)cc1. The molecule has 3 aromatic rings. The number of halogens is 1. The van der Waals surface area contributed by atoms with E-state index >= 15 is 0 Å². The Morgan fingerprint density at radius 1 is 1.25 bits per heavy atom. The molecule has 0 radical (unpaired) electrons. The number of hydrogen-bond acceptors (Lipinski definition) is 6. The van der Waals surface area contributed by atoms with E-state index < -0.39 is 0 Å². The molecule has 168 valence electrons. The average Bonchev–Trinajstić information content (AvgIpc) is 3.36. The number of amides is 1. The van der Waals surface area contributed by atoms with Gasteiger partial charge in [0.15, 0.2) is 6.23 Å². The summed E-state index contributed by atoms with van der Waals surface area (Å²) in [6, 6.07) is 9.80. The second-order valence-electron chi connectivity index (χ2n) is 8.70. The number of rotatable bonds is 6. The molecule has 2 unspecified atom stereocenters. The largest absolute Gasteiger partial charge is 0.354 e. The lowest BCUT2D eigenvalue weighted by molar-refractivity contribution is -0.140. The minimum absolute atomic E-state index is 0.0287. The van der Waals surface area contributed by atoms with Crippen molar-refractivity contribution in [3.63, 3.8) is 0 Å². The first-order valence-corrected chi connectivity index (χ1v) is 11.3. The lowest BCUT2D eigenvalue weighted by atomic mass is 9.95. The van der Waals surface area contributed by atoms with E-state index in [1.54, 1.807) is 6.33 Å². The van der Waals surface area contributed by atoms with Crippen molar-refractivity contribution in [3.8, 4) is 0 Å². The summed E-state index contributed by atoms with van der Waals surface area (Å²) >= 11 is 6.09. The number of nitrogens with one attached hydrogen (secondary N) is 2. The van der Waals surface area contributed by atoms with E-state index in [0.29, 0.717) is 31.3 Å². The number of benzene rings is 1. The number of anilines is 1. The molecule has 8 nitrogen and oxygen atoms in total. The van der Waals surface area contributed by atoms with Crippen LogP contribution in [0.5, 0.6) is 0 Å². The van der Waals surface area contributed by atoms with E-state index in [9.17, 15) is 4.79 Å². The number of aromatic nitrogens is 3. The van der Waals surface area contributed by atoms with E-state index in [0.717, 1.165) is 22.4 Å². The molecule has 1 aromatic carbocycles. The molecule has 2 aromatic heterocycles. The second-order valence-corrected chi connectivity index (χ2v) is 9.13. The molecule has 2 N–H and O–H groups in total. The smallest absolute Gasteiger partial charge is 0.233 e. The molecule has 0 saturated carbocycles. The molecule has 0 aliphatic carbocycles. The van der Waals surface area contributed by atoms with Crippen molar-refractivity contribution in [2.24, 2.45) is 0 Å². The van der Waals surface area contributed by atoms with Gasteiger partial charge in [0.25, 0.3) is 0 Å². The van der Waals surface area contributed by atoms with E-state index in [-0.39, 0.29) is 30.1 Å². The van der Waals surface area contributed by atoms with E-state index in [1.807, 2.05) is 41.4 Å². The highest BCUT2D eigenvalue weighted by molar-refractivity contribution is 6.30. The summed E-state index contributed by atoms with van der Waals surface area (Å²) in [7, 11) is 0. The first kappa shape index (κ1) is 21.2. The molecule has 4 heterocycles. The number of hydrogen-bond donors (Lipinski definition) is 2. The van der Waals surface area contributed by atoms with Crippen molar-refractivity contribution in [1.29, 1.82) is 0 Å². The van der Waals surface area contributed by atoms with Gasteiger partial charge in [-0.2, -0.15) is 0 Å². The van der Waals surface area contributed by atoms with Crippen LogP contribution in [-0.4, -0.2) is 70.3 Å². The van der Waals surface area contributed by atoms with E-state index in [1.165, 1.54) is 0 Å². The lowest BCUT2D eigenvalue weighted by Crippen LogP contribution is -2.58. The Morgan fingerprint density at radius 2 is 2.06 bits per heavy atom. The van der Waals surface area contributed by atoms with Crippen LogP contribution in [0.4, 0.5) is 5.82 Å². The topological polar surface area (TPSA) is 86.4 Å². The van der Waals surface area contributed by atoms with Crippen LogP contribution in [0.3, 0.4) is 0 Å². The third-order valence-electron chi connectivity index (χ3n) is 6.18. The Balaban J connectivity index is 1.39. The molecule has 0 spiro atoms. The van der Waals surface area contributed by atoms with Gasteiger partial charge in [-0.15, -0.1) is 0 Å². The van der Waals surface area contributed by atoms with Gasteiger partial charge in [-0.25, -0.2) is 9.97 Å². The molecule has 2 saturated heterocycles.